The van der Waals surface area contributed by atoms with E-state index in [0.717, 1.165) is 22.1 Å². The zero-order valence-electron chi connectivity index (χ0n) is 9.97. The monoisotopic (exact) mass is 258 g/mol. The Bertz CT molecular complexity index is 531. The van der Waals surface area contributed by atoms with Crippen LogP contribution in [0.4, 0.5) is 0 Å². The summed E-state index contributed by atoms with van der Waals surface area (Å²) in [5.41, 5.74) is 1.15. The van der Waals surface area contributed by atoms with E-state index in [0.29, 0.717) is 0 Å². The van der Waals surface area contributed by atoms with Crippen LogP contribution in [0, 0.1) is 0 Å². The molecule has 2 aromatic carbocycles. The molecule has 2 nitrogen and oxygen atoms in total. The molecular weight excluding hydrogens is 246 g/mol. The van der Waals surface area contributed by atoms with Crippen LogP contribution in [0.5, 0.6) is 11.5 Å². The summed E-state index contributed by atoms with van der Waals surface area (Å²) in [6.45, 7) is 2.08. The van der Waals surface area contributed by atoms with Gasteiger partial charge in [-0.2, -0.15) is 0 Å². The normalized spacial score (nSPS) is 14.7. The third-order valence-corrected chi connectivity index (χ3v) is 3.39. The highest BCUT2D eigenvalue weighted by Gasteiger charge is 2.38. The van der Waals surface area contributed by atoms with Crippen molar-refractivity contribution in [1.29, 1.82) is 0 Å². The van der Waals surface area contributed by atoms with E-state index in [1.54, 1.807) is 0 Å². The Labute approximate surface area is 112 Å². The molecule has 2 aromatic rings. The number of para-hydroxylation sites is 2. The predicted molar refractivity (Wildman–Crippen MR) is 73.3 cm³/mol. The Morgan fingerprint density at radius 3 is 2.06 bits per heavy atom. The molecule has 1 aliphatic heterocycles. The van der Waals surface area contributed by atoms with Crippen molar-refractivity contribution in [2.45, 2.75) is 12.7 Å². The van der Waals surface area contributed by atoms with Crippen LogP contribution < -0.4 is 9.31 Å². The zero-order valence-corrected chi connectivity index (χ0v) is 10.7. The second-order valence-electron chi connectivity index (χ2n) is 4.39. The Hall–Kier alpha value is -1.61. The van der Waals surface area contributed by atoms with Gasteiger partial charge in [0.2, 0.25) is 0 Å². The van der Waals surface area contributed by atoms with Crippen molar-refractivity contribution in [3.05, 3.63) is 59.1 Å². The molecule has 0 saturated heterocycles. The lowest BCUT2D eigenvalue weighted by molar-refractivity contribution is 0.480. The van der Waals surface area contributed by atoms with E-state index >= 15 is 0 Å². The number of fused-ring (bicyclic) bond motifs is 1. The van der Waals surface area contributed by atoms with Crippen molar-refractivity contribution in [1.82, 2.24) is 0 Å². The molecule has 0 aromatic heterocycles. The van der Waals surface area contributed by atoms with Gasteiger partial charge in [0.25, 0.3) is 0 Å². The van der Waals surface area contributed by atoms with Crippen LogP contribution in [-0.2, 0) is 0 Å². The van der Waals surface area contributed by atoms with E-state index < -0.39 is 0 Å². The molecule has 4 heteroatoms. The summed E-state index contributed by atoms with van der Waals surface area (Å²) < 4.78 is 11.6. The van der Waals surface area contributed by atoms with Gasteiger partial charge < -0.3 is 9.31 Å². The second-order valence-corrected chi connectivity index (χ2v) is 4.83. The highest BCUT2D eigenvalue weighted by molar-refractivity contribution is 6.49. The third-order valence-electron chi connectivity index (χ3n) is 3.14. The van der Waals surface area contributed by atoms with Crippen molar-refractivity contribution in [2.24, 2.45) is 0 Å². The Balaban J connectivity index is 1.80. The highest BCUT2D eigenvalue weighted by Crippen LogP contribution is 2.36. The first-order chi connectivity index (χ1) is 8.74. The smallest absolute Gasteiger partial charge is 0.523 e. The average Bonchev–Trinajstić information content (AvgIpc) is 2.82. The van der Waals surface area contributed by atoms with Gasteiger partial charge in [-0.05, 0) is 29.8 Å². The average molecular weight is 259 g/mol. The molecule has 0 aliphatic carbocycles. The minimum Gasteiger partial charge on any atom is -0.523 e. The molecule has 0 N–H and O–H groups in total. The first-order valence-electron chi connectivity index (χ1n) is 5.92. The molecule has 0 amide bonds. The molecule has 18 heavy (non-hydrogen) atoms. The van der Waals surface area contributed by atoms with Crippen LogP contribution >= 0.6 is 11.6 Å². The van der Waals surface area contributed by atoms with Gasteiger partial charge in [0.1, 0.15) is 11.5 Å². The fraction of sp³-hybridized carbons (Fsp3) is 0.143. The minimum absolute atomic E-state index is 0.148. The molecule has 1 heterocycles. The summed E-state index contributed by atoms with van der Waals surface area (Å²) >= 11 is 5.89. The van der Waals surface area contributed by atoms with E-state index in [2.05, 4.69) is 6.92 Å². The van der Waals surface area contributed by atoms with Gasteiger partial charge in [0.15, 0.2) is 0 Å². The molecule has 0 fully saturated rings. The molecule has 0 saturated carbocycles. The predicted octanol–water partition coefficient (Wildman–Crippen LogP) is 3.94. The van der Waals surface area contributed by atoms with Crippen LogP contribution in [-0.4, -0.2) is 7.12 Å². The summed E-state index contributed by atoms with van der Waals surface area (Å²) in [6.07, 6.45) is 0. The van der Waals surface area contributed by atoms with Crippen LogP contribution in [0.15, 0.2) is 48.5 Å². The number of hydrogen-bond donors (Lipinski definition) is 0. The van der Waals surface area contributed by atoms with Gasteiger partial charge in [0, 0.05) is 10.8 Å². The second kappa shape index (κ2) is 4.58. The van der Waals surface area contributed by atoms with Gasteiger partial charge in [0.05, 0.1) is 0 Å². The van der Waals surface area contributed by atoms with Gasteiger partial charge in [-0.15, -0.1) is 0 Å². The van der Waals surface area contributed by atoms with E-state index in [9.17, 15) is 0 Å². The van der Waals surface area contributed by atoms with E-state index in [1.807, 2.05) is 48.5 Å². The molecule has 90 valence electrons. The number of rotatable bonds is 2. The van der Waals surface area contributed by atoms with Crippen molar-refractivity contribution in [3.8, 4) is 11.5 Å². The topological polar surface area (TPSA) is 18.5 Å². The fourth-order valence-corrected chi connectivity index (χ4v) is 2.17. The van der Waals surface area contributed by atoms with E-state index in [1.165, 1.54) is 0 Å². The van der Waals surface area contributed by atoms with Crippen LogP contribution in [0.25, 0.3) is 0 Å². The quantitative estimate of drug-likeness (QED) is 0.760. The van der Waals surface area contributed by atoms with Crippen LogP contribution in [0.2, 0.25) is 5.02 Å². The van der Waals surface area contributed by atoms with Gasteiger partial charge >= 0.3 is 7.12 Å². The molecule has 0 bridgehead atoms. The largest absolute Gasteiger partial charge is 0.602 e. The van der Waals surface area contributed by atoms with Crippen molar-refractivity contribution in [2.75, 3.05) is 0 Å². The lowest BCUT2D eigenvalue weighted by atomic mass is 9.69. The maximum atomic E-state index is 5.89. The molecule has 1 atom stereocenters. The lowest BCUT2D eigenvalue weighted by Gasteiger charge is -2.13. The SMILES string of the molecule is CC(B1Oc2ccccc2O1)c1ccc(Cl)cc1. The van der Waals surface area contributed by atoms with Crippen LogP contribution in [0.1, 0.15) is 18.3 Å². The highest BCUT2D eigenvalue weighted by atomic mass is 35.5. The van der Waals surface area contributed by atoms with Crippen molar-refractivity contribution in [3.63, 3.8) is 0 Å². The summed E-state index contributed by atoms with van der Waals surface area (Å²) in [5.74, 6) is 1.77. The Kier molecular flexibility index (Phi) is 2.92. The van der Waals surface area contributed by atoms with Gasteiger partial charge in [-0.1, -0.05) is 42.8 Å². The maximum Gasteiger partial charge on any atom is 0.602 e. The summed E-state index contributed by atoms with van der Waals surface area (Å²) in [7, 11) is -0.274. The number of hydrogen-bond acceptors (Lipinski definition) is 2. The molecular formula is C14H12BClO2. The molecule has 1 unspecified atom stereocenters. The van der Waals surface area contributed by atoms with Crippen molar-refractivity contribution >= 4 is 18.7 Å². The molecule has 1 aliphatic rings. The summed E-state index contributed by atoms with van der Waals surface area (Å²) in [5, 5.41) is 0.738. The molecule has 3 rings (SSSR count). The first kappa shape index (κ1) is 11.5. The lowest BCUT2D eigenvalue weighted by Crippen LogP contribution is -2.31. The third kappa shape index (κ3) is 2.06. The van der Waals surface area contributed by atoms with E-state index in [-0.39, 0.29) is 12.9 Å². The first-order valence-corrected chi connectivity index (χ1v) is 6.29. The van der Waals surface area contributed by atoms with Gasteiger partial charge in [-0.3, -0.25) is 0 Å². The van der Waals surface area contributed by atoms with Gasteiger partial charge in [-0.25, -0.2) is 0 Å². The standard InChI is InChI=1S/C14H12BClO2/c1-10(11-6-8-12(16)9-7-11)15-17-13-4-2-3-5-14(13)18-15/h2-10H,1H3. The van der Waals surface area contributed by atoms with Crippen molar-refractivity contribution < 1.29 is 9.31 Å². The minimum atomic E-state index is -0.274. The number of halogens is 1. The maximum absolute atomic E-state index is 5.89. The van der Waals surface area contributed by atoms with E-state index in [4.69, 9.17) is 20.9 Å². The molecule has 0 spiro atoms. The fourth-order valence-electron chi connectivity index (χ4n) is 2.05. The Morgan fingerprint density at radius 2 is 1.50 bits per heavy atom. The number of benzene rings is 2. The summed E-state index contributed by atoms with van der Waals surface area (Å²) in [6, 6.07) is 15.5. The van der Waals surface area contributed by atoms with Crippen LogP contribution in [0.3, 0.4) is 0 Å². The molecule has 0 radical (unpaired) electrons. The zero-order chi connectivity index (χ0) is 12.5. The Morgan fingerprint density at radius 1 is 0.944 bits per heavy atom. The summed E-state index contributed by atoms with van der Waals surface area (Å²) in [4.78, 5) is 0.